The van der Waals surface area contributed by atoms with Crippen molar-refractivity contribution in [3.63, 3.8) is 0 Å². The fourth-order valence-corrected chi connectivity index (χ4v) is 5.16. The summed E-state index contributed by atoms with van der Waals surface area (Å²) in [4.78, 5) is 24.6. The van der Waals surface area contributed by atoms with E-state index in [4.69, 9.17) is 4.55 Å². The van der Waals surface area contributed by atoms with Gasteiger partial charge in [0.2, 0.25) is 5.91 Å². The highest BCUT2D eigenvalue weighted by Crippen LogP contribution is 2.45. The quantitative estimate of drug-likeness (QED) is 0.450. The SMILES string of the molecule is O=C(NC1CC2CCC(C1)N2)[C@@H]1CCC2C1C(=O)N2OS(=O)(=O)O. The Kier molecular flexibility index (Phi) is 3.83. The molecule has 3 heterocycles. The molecule has 2 bridgehead atoms. The van der Waals surface area contributed by atoms with Gasteiger partial charge in [-0.1, -0.05) is 0 Å². The Morgan fingerprint density at radius 3 is 2.50 bits per heavy atom. The molecule has 0 radical (unpaired) electrons. The van der Waals surface area contributed by atoms with Gasteiger partial charge in [0.15, 0.2) is 0 Å². The van der Waals surface area contributed by atoms with Gasteiger partial charge in [-0.05, 0) is 38.5 Å². The third-order valence-corrected chi connectivity index (χ3v) is 6.10. The second-order valence-electron chi connectivity index (χ2n) is 7.26. The predicted octanol–water partition coefficient (Wildman–Crippen LogP) is -0.643. The maximum absolute atomic E-state index is 12.6. The minimum Gasteiger partial charge on any atom is -0.353 e. The summed E-state index contributed by atoms with van der Waals surface area (Å²) in [7, 11) is -4.72. The van der Waals surface area contributed by atoms with E-state index in [0.29, 0.717) is 30.0 Å². The number of hydrogen-bond donors (Lipinski definition) is 3. The lowest BCUT2D eigenvalue weighted by Crippen LogP contribution is -2.61. The zero-order valence-electron chi connectivity index (χ0n) is 13.1. The first kappa shape index (κ1) is 16.2. The maximum Gasteiger partial charge on any atom is 0.418 e. The molecule has 0 aromatic rings. The van der Waals surface area contributed by atoms with Gasteiger partial charge in [-0.3, -0.25) is 14.1 Å². The van der Waals surface area contributed by atoms with Crippen molar-refractivity contribution >= 4 is 22.2 Å². The molecule has 4 unspecified atom stereocenters. The number of hydrogen-bond acceptors (Lipinski definition) is 6. The second kappa shape index (κ2) is 5.65. The second-order valence-corrected chi connectivity index (χ2v) is 8.26. The van der Waals surface area contributed by atoms with Crippen molar-refractivity contribution in [1.82, 2.24) is 15.7 Å². The highest BCUT2D eigenvalue weighted by Gasteiger charge is 2.59. The summed E-state index contributed by atoms with van der Waals surface area (Å²) in [6.07, 6.45) is 5.11. The Bertz CT molecular complexity index is 655. The van der Waals surface area contributed by atoms with E-state index in [1.807, 2.05) is 0 Å². The van der Waals surface area contributed by atoms with E-state index in [0.717, 1.165) is 25.7 Å². The van der Waals surface area contributed by atoms with Crippen LogP contribution in [-0.4, -0.2) is 54.0 Å². The average Bonchev–Trinajstić information content (AvgIpc) is 3.05. The number of fused-ring (bicyclic) bond motifs is 3. The lowest BCUT2D eigenvalue weighted by molar-refractivity contribution is -0.205. The van der Waals surface area contributed by atoms with Crippen LogP contribution < -0.4 is 10.6 Å². The van der Waals surface area contributed by atoms with Gasteiger partial charge < -0.3 is 10.6 Å². The molecular formula is C14H21N3O6S. The third-order valence-electron chi connectivity index (χ3n) is 5.76. The Labute approximate surface area is 140 Å². The van der Waals surface area contributed by atoms with E-state index >= 15 is 0 Å². The topological polar surface area (TPSA) is 125 Å². The van der Waals surface area contributed by atoms with E-state index in [2.05, 4.69) is 14.9 Å². The monoisotopic (exact) mass is 359 g/mol. The standard InChI is InChI=1S/C14H21N3O6S/c18-13(16-9-5-7-1-2-8(6-9)15-7)10-3-4-11-12(10)14(19)17(11)23-24(20,21)22/h7-12,15H,1-6H2,(H,16,18)(H,20,21,22)/t7?,8?,9?,10-,11?,12?/m1/s1. The van der Waals surface area contributed by atoms with E-state index < -0.39 is 34.2 Å². The summed E-state index contributed by atoms with van der Waals surface area (Å²) in [6, 6.07) is 0.610. The van der Waals surface area contributed by atoms with E-state index in [-0.39, 0.29) is 11.9 Å². The fourth-order valence-electron chi connectivity index (χ4n) is 4.78. The number of carbonyl (C=O) groups excluding carboxylic acids is 2. The maximum atomic E-state index is 12.6. The first-order chi connectivity index (χ1) is 11.3. The molecule has 0 spiro atoms. The van der Waals surface area contributed by atoms with Crippen LogP contribution in [0, 0.1) is 11.8 Å². The van der Waals surface area contributed by atoms with Crippen molar-refractivity contribution in [2.45, 2.75) is 62.7 Å². The van der Waals surface area contributed by atoms with Gasteiger partial charge in [-0.2, -0.15) is 13.5 Å². The highest BCUT2D eigenvalue weighted by molar-refractivity contribution is 7.80. The van der Waals surface area contributed by atoms with Gasteiger partial charge in [0.05, 0.1) is 17.9 Å². The Balaban J connectivity index is 1.36. The van der Waals surface area contributed by atoms with Crippen molar-refractivity contribution in [3.05, 3.63) is 0 Å². The van der Waals surface area contributed by atoms with Gasteiger partial charge in [-0.25, -0.2) is 0 Å². The van der Waals surface area contributed by atoms with Gasteiger partial charge in [0.1, 0.15) is 0 Å². The number of rotatable bonds is 4. The van der Waals surface area contributed by atoms with Crippen molar-refractivity contribution < 1.29 is 26.8 Å². The Hall–Kier alpha value is -1.23. The third kappa shape index (κ3) is 2.81. The van der Waals surface area contributed by atoms with Crippen molar-refractivity contribution in [2.75, 3.05) is 0 Å². The zero-order valence-corrected chi connectivity index (χ0v) is 13.9. The Morgan fingerprint density at radius 1 is 1.21 bits per heavy atom. The summed E-state index contributed by atoms with van der Waals surface area (Å²) in [6.45, 7) is 0. The van der Waals surface area contributed by atoms with Crippen molar-refractivity contribution in [2.24, 2.45) is 11.8 Å². The van der Waals surface area contributed by atoms with Crippen LogP contribution >= 0.6 is 0 Å². The molecule has 4 aliphatic rings. The number of nitrogens with zero attached hydrogens (tertiary/aromatic N) is 1. The van der Waals surface area contributed by atoms with Crippen LogP contribution in [0.3, 0.4) is 0 Å². The van der Waals surface area contributed by atoms with Crippen LogP contribution in [0.2, 0.25) is 0 Å². The molecule has 1 saturated carbocycles. The van der Waals surface area contributed by atoms with Gasteiger partial charge in [0.25, 0.3) is 5.91 Å². The molecule has 24 heavy (non-hydrogen) atoms. The molecule has 3 N–H and O–H groups in total. The number of carbonyl (C=O) groups is 2. The van der Waals surface area contributed by atoms with Crippen LogP contribution in [0.5, 0.6) is 0 Å². The molecule has 5 atom stereocenters. The zero-order chi connectivity index (χ0) is 17.1. The predicted molar refractivity (Wildman–Crippen MR) is 80.6 cm³/mol. The molecule has 0 aromatic carbocycles. The molecule has 3 saturated heterocycles. The summed E-state index contributed by atoms with van der Waals surface area (Å²) in [5.74, 6) is -1.68. The molecule has 10 heteroatoms. The summed E-state index contributed by atoms with van der Waals surface area (Å²) in [5, 5.41) is 7.27. The highest BCUT2D eigenvalue weighted by atomic mass is 32.3. The van der Waals surface area contributed by atoms with E-state index in [9.17, 15) is 18.0 Å². The molecular weight excluding hydrogens is 338 g/mol. The lowest BCUT2D eigenvalue weighted by atomic mass is 9.85. The fraction of sp³-hybridized carbons (Fsp3) is 0.857. The van der Waals surface area contributed by atoms with Gasteiger partial charge in [0, 0.05) is 18.1 Å². The van der Waals surface area contributed by atoms with Crippen molar-refractivity contribution in [1.29, 1.82) is 0 Å². The Morgan fingerprint density at radius 2 is 1.88 bits per heavy atom. The average molecular weight is 359 g/mol. The van der Waals surface area contributed by atoms with E-state index in [1.165, 1.54) is 0 Å². The largest absolute Gasteiger partial charge is 0.418 e. The van der Waals surface area contributed by atoms with Crippen LogP contribution in [0.4, 0.5) is 0 Å². The summed E-state index contributed by atoms with van der Waals surface area (Å²) >= 11 is 0. The molecule has 4 rings (SSSR count). The molecule has 134 valence electrons. The normalized spacial score (nSPS) is 41.0. The minimum atomic E-state index is -4.72. The number of β-lactam (4-membered cyclic amide) rings is 1. The number of nitrogens with one attached hydrogen (secondary N) is 2. The van der Waals surface area contributed by atoms with Crippen LogP contribution in [-0.2, 0) is 24.3 Å². The molecule has 2 amide bonds. The van der Waals surface area contributed by atoms with Crippen molar-refractivity contribution in [3.8, 4) is 0 Å². The van der Waals surface area contributed by atoms with Gasteiger partial charge >= 0.3 is 10.4 Å². The summed E-state index contributed by atoms with van der Waals surface area (Å²) in [5.41, 5.74) is 0. The number of piperidine rings is 1. The molecule has 0 aromatic heterocycles. The van der Waals surface area contributed by atoms with Crippen LogP contribution in [0.25, 0.3) is 0 Å². The molecule has 1 aliphatic carbocycles. The lowest BCUT2D eigenvalue weighted by Gasteiger charge is -2.42. The molecule has 3 aliphatic heterocycles. The number of hydroxylamine groups is 2. The minimum absolute atomic E-state index is 0.131. The summed E-state index contributed by atoms with van der Waals surface area (Å²) < 4.78 is 34.5. The van der Waals surface area contributed by atoms with Crippen LogP contribution in [0.1, 0.15) is 38.5 Å². The first-order valence-corrected chi connectivity index (χ1v) is 9.75. The van der Waals surface area contributed by atoms with Gasteiger partial charge in [-0.15, -0.1) is 4.28 Å². The number of amides is 2. The first-order valence-electron chi connectivity index (χ1n) is 8.38. The van der Waals surface area contributed by atoms with E-state index in [1.54, 1.807) is 0 Å². The molecule has 4 fully saturated rings. The smallest absolute Gasteiger partial charge is 0.353 e. The van der Waals surface area contributed by atoms with Crippen LogP contribution in [0.15, 0.2) is 0 Å². The molecule has 9 nitrogen and oxygen atoms in total.